The first kappa shape index (κ1) is 28.0. The van der Waals surface area contributed by atoms with Crippen LogP contribution in [0.4, 0.5) is 17.3 Å². The van der Waals surface area contributed by atoms with Crippen molar-refractivity contribution < 1.29 is 21.8 Å². The van der Waals surface area contributed by atoms with Crippen LogP contribution in [0.1, 0.15) is 110 Å². The fraction of sp³-hybridized carbons (Fsp3) is 0.864. The molecule has 0 bridgehead atoms. The predicted molar refractivity (Wildman–Crippen MR) is 115 cm³/mol. The second kappa shape index (κ2) is 19.0. The number of aryl methyl sites for hydroxylation is 2. The second-order valence-corrected chi connectivity index (χ2v) is 8.12. The number of rotatable bonds is 17. The molecule has 0 saturated carbocycles. The van der Waals surface area contributed by atoms with E-state index in [1.54, 1.807) is 0 Å². The molecule has 0 unspecified atom stereocenters. The van der Waals surface area contributed by atoms with E-state index in [1.165, 1.54) is 109 Å². The van der Waals surface area contributed by atoms with Crippen molar-refractivity contribution in [3.63, 3.8) is 0 Å². The summed E-state index contributed by atoms with van der Waals surface area (Å²) in [6.45, 7) is 3.48. The number of hydrogen-bond acceptors (Lipinski definition) is 0. The summed E-state index contributed by atoms with van der Waals surface area (Å²) in [6, 6.07) is 0. The minimum absolute atomic E-state index is 1.18. The van der Waals surface area contributed by atoms with Crippen molar-refractivity contribution in [3.8, 4) is 0 Å². The highest BCUT2D eigenvalue weighted by atomic mass is 19.5. The number of aromatic nitrogens is 2. The van der Waals surface area contributed by atoms with Crippen molar-refractivity contribution in [1.82, 2.24) is 4.57 Å². The molecule has 172 valence electrons. The van der Waals surface area contributed by atoms with Crippen LogP contribution < -0.4 is 4.57 Å². The normalized spacial score (nSPS) is 11.4. The molecule has 0 aliphatic carbocycles. The Morgan fingerprint density at radius 3 is 1.31 bits per heavy atom. The molecule has 0 amide bonds. The maximum absolute atomic E-state index is 9.75. The SMILES string of the molecule is CCCCCCCCCCCCCCCCCCn1cc[n+](C)c1.F[B-](F)(F)F. The smallest absolute Gasteiger partial charge is 0.418 e. The molecule has 0 saturated heterocycles. The number of nitrogens with zero attached hydrogens (tertiary/aromatic N) is 2. The van der Waals surface area contributed by atoms with Crippen LogP contribution in [0.15, 0.2) is 18.7 Å². The molecule has 1 rings (SSSR count). The molecule has 0 N–H and O–H groups in total. The number of imidazole rings is 1. The van der Waals surface area contributed by atoms with Gasteiger partial charge in [0.25, 0.3) is 0 Å². The van der Waals surface area contributed by atoms with Gasteiger partial charge in [-0.15, -0.1) is 0 Å². The Labute approximate surface area is 176 Å². The van der Waals surface area contributed by atoms with E-state index in [9.17, 15) is 17.3 Å². The zero-order chi connectivity index (χ0) is 21.8. The van der Waals surface area contributed by atoms with E-state index in [1.807, 2.05) is 0 Å². The van der Waals surface area contributed by atoms with Gasteiger partial charge in [-0.25, -0.2) is 9.13 Å². The summed E-state index contributed by atoms with van der Waals surface area (Å²) in [6.07, 6.45) is 29.5. The van der Waals surface area contributed by atoms with Gasteiger partial charge >= 0.3 is 7.25 Å². The van der Waals surface area contributed by atoms with Crippen LogP contribution in [0.2, 0.25) is 0 Å². The van der Waals surface area contributed by atoms with Gasteiger partial charge in [0.15, 0.2) is 0 Å². The van der Waals surface area contributed by atoms with E-state index in [-0.39, 0.29) is 0 Å². The van der Waals surface area contributed by atoms with E-state index in [0.29, 0.717) is 0 Å². The molecule has 1 aromatic heterocycles. The standard InChI is InChI=1S/C22H43N2.BF4/c1-3-4-5-6-7-8-9-10-11-12-13-14-15-16-17-18-19-24-21-20-23(2)22-24;2-1(3,4)5/h20-22H,3-19H2,1-2H3;/q+1;-1. The summed E-state index contributed by atoms with van der Waals surface area (Å²) < 4.78 is 43.4. The molecule has 0 aromatic carbocycles. The largest absolute Gasteiger partial charge is 0.673 e. The Bertz CT molecular complexity index is 458. The Balaban J connectivity index is 0.00000139. The van der Waals surface area contributed by atoms with Gasteiger partial charge in [-0.3, -0.25) is 0 Å². The lowest BCUT2D eigenvalue weighted by molar-refractivity contribution is -0.671. The topological polar surface area (TPSA) is 8.81 Å². The van der Waals surface area contributed by atoms with Crippen molar-refractivity contribution in [3.05, 3.63) is 18.7 Å². The number of hydrogen-bond donors (Lipinski definition) is 0. The molecule has 0 aliphatic rings. The summed E-state index contributed by atoms with van der Waals surface area (Å²) in [5.74, 6) is 0. The maximum atomic E-state index is 9.75. The molecule has 7 heteroatoms. The van der Waals surface area contributed by atoms with Crippen LogP contribution in [0.5, 0.6) is 0 Å². The summed E-state index contributed by atoms with van der Waals surface area (Å²) >= 11 is 0. The fourth-order valence-electron chi connectivity index (χ4n) is 3.48. The predicted octanol–water partition coefficient (Wildman–Crippen LogP) is 7.87. The highest BCUT2D eigenvalue weighted by Gasteiger charge is 2.20. The number of unbranched alkanes of at least 4 members (excludes halogenated alkanes) is 15. The lowest BCUT2D eigenvalue weighted by Crippen LogP contribution is -2.23. The van der Waals surface area contributed by atoms with Crippen LogP contribution in [-0.2, 0) is 13.6 Å². The molecular formula is C22H43BF4N2. The lowest BCUT2D eigenvalue weighted by atomic mass is 10.0. The van der Waals surface area contributed by atoms with Crippen LogP contribution in [0.3, 0.4) is 0 Å². The molecule has 1 heterocycles. The van der Waals surface area contributed by atoms with Gasteiger partial charge in [-0.2, -0.15) is 0 Å². The van der Waals surface area contributed by atoms with Crippen molar-refractivity contribution >= 4 is 7.25 Å². The minimum atomic E-state index is -6.00. The molecule has 0 fully saturated rings. The highest BCUT2D eigenvalue weighted by molar-refractivity contribution is 6.50. The lowest BCUT2D eigenvalue weighted by Gasteiger charge is -2.03. The van der Waals surface area contributed by atoms with E-state index in [2.05, 4.69) is 41.8 Å². The van der Waals surface area contributed by atoms with E-state index < -0.39 is 7.25 Å². The molecule has 0 radical (unpaired) electrons. The highest BCUT2D eigenvalue weighted by Crippen LogP contribution is 2.13. The Morgan fingerprint density at radius 2 is 1.00 bits per heavy atom. The van der Waals surface area contributed by atoms with E-state index >= 15 is 0 Å². The first-order valence-corrected chi connectivity index (χ1v) is 11.7. The molecule has 0 spiro atoms. The number of halogens is 4. The second-order valence-electron chi connectivity index (χ2n) is 8.12. The third kappa shape index (κ3) is 25.0. The van der Waals surface area contributed by atoms with Gasteiger partial charge in [-0.05, 0) is 12.8 Å². The fourth-order valence-corrected chi connectivity index (χ4v) is 3.48. The molecule has 1 aromatic rings. The van der Waals surface area contributed by atoms with Crippen molar-refractivity contribution in [2.75, 3.05) is 0 Å². The van der Waals surface area contributed by atoms with Gasteiger partial charge < -0.3 is 17.3 Å². The van der Waals surface area contributed by atoms with Crippen LogP contribution in [0, 0.1) is 0 Å². The molecule has 0 aliphatic heterocycles. The van der Waals surface area contributed by atoms with Crippen LogP contribution >= 0.6 is 0 Å². The van der Waals surface area contributed by atoms with Gasteiger partial charge in [0.1, 0.15) is 12.4 Å². The Morgan fingerprint density at radius 1 is 0.655 bits per heavy atom. The summed E-state index contributed by atoms with van der Waals surface area (Å²) in [4.78, 5) is 0. The maximum Gasteiger partial charge on any atom is 0.673 e. The summed E-state index contributed by atoms with van der Waals surface area (Å²) in [5, 5.41) is 0. The average Bonchev–Trinajstić information content (AvgIpc) is 3.05. The third-order valence-corrected chi connectivity index (χ3v) is 5.09. The van der Waals surface area contributed by atoms with Gasteiger partial charge in [0, 0.05) is 0 Å². The third-order valence-electron chi connectivity index (χ3n) is 5.09. The Kier molecular flexibility index (Phi) is 18.3. The molecule has 2 nitrogen and oxygen atoms in total. The zero-order valence-electron chi connectivity index (χ0n) is 18.7. The Hall–Kier alpha value is -1.01. The molecular weight excluding hydrogens is 379 g/mol. The first-order valence-electron chi connectivity index (χ1n) is 11.7. The van der Waals surface area contributed by atoms with Gasteiger partial charge in [0.05, 0.1) is 13.6 Å². The van der Waals surface area contributed by atoms with E-state index in [0.717, 1.165) is 0 Å². The minimum Gasteiger partial charge on any atom is -0.418 e. The van der Waals surface area contributed by atoms with E-state index in [4.69, 9.17) is 0 Å². The van der Waals surface area contributed by atoms with Gasteiger partial charge in [-0.1, -0.05) is 96.8 Å². The van der Waals surface area contributed by atoms with Crippen molar-refractivity contribution in [2.45, 2.75) is 116 Å². The zero-order valence-corrected chi connectivity index (χ0v) is 18.7. The monoisotopic (exact) mass is 422 g/mol. The summed E-state index contributed by atoms with van der Waals surface area (Å²) in [7, 11) is -3.91. The average molecular weight is 422 g/mol. The van der Waals surface area contributed by atoms with Crippen molar-refractivity contribution in [2.24, 2.45) is 7.05 Å². The van der Waals surface area contributed by atoms with Gasteiger partial charge in [0.2, 0.25) is 6.33 Å². The quantitative estimate of drug-likeness (QED) is 0.105. The molecule has 29 heavy (non-hydrogen) atoms. The molecule has 0 atom stereocenters. The van der Waals surface area contributed by atoms with Crippen LogP contribution in [-0.4, -0.2) is 11.8 Å². The van der Waals surface area contributed by atoms with Crippen LogP contribution in [0.25, 0.3) is 0 Å². The van der Waals surface area contributed by atoms with Crippen molar-refractivity contribution in [1.29, 1.82) is 0 Å². The first-order chi connectivity index (χ1) is 13.8. The summed E-state index contributed by atoms with van der Waals surface area (Å²) in [5.41, 5.74) is 0.